The Kier molecular flexibility index (Phi) is 7.90. The second-order valence-corrected chi connectivity index (χ2v) is 14.2. The molecule has 0 N–H and O–H groups in total. The molecule has 262 valence electrons. The van der Waals surface area contributed by atoms with Crippen molar-refractivity contribution in [1.29, 1.82) is 0 Å². The molecule has 0 bridgehead atoms. The van der Waals surface area contributed by atoms with E-state index in [-0.39, 0.29) is 26.5 Å². The molecule has 3 aromatic heterocycles. The van der Waals surface area contributed by atoms with E-state index in [1.54, 1.807) is 0 Å². The number of aromatic nitrogens is 2. The number of pyridine rings is 1. The van der Waals surface area contributed by atoms with Crippen LogP contribution in [0.3, 0.4) is 0 Å². The van der Waals surface area contributed by atoms with E-state index in [2.05, 4.69) is 157 Å². The molecule has 0 unspecified atom stereocenters. The van der Waals surface area contributed by atoms with Crippen LogP contribution in [0.5, 0.6) is 11.5 Å². The van der Waals surface area contributed by atoms with Gasteiger partial charge in [0.1, 0.15) is 11.4 Å². The van der Waals surface area contributed by atoms with Gasteiger partial charge in [0.2, 0.25) is 0 Å². The maximum absolute atomic E-state index is 6.80. The molecule has 4 heterocycles. The van der Waals surface area contributed by atoms with Gasteiger partial charge >= 0.3 is 0 Å². The molecule has 6 nitrogen and oxygen atoms in total. The number of nitrogens with zero attached hydrogens (tertiary/aromatic N) is 4. The minimum Gasteiger partial charge on any atom is -0.512 e. The van der Waals surface area contributed by atoms with E-state index < -0.39 is 0 Å². The third-order valence-corrected chi connectivity index (χ3v) is 9.90. The molecule has 0 spiro atoms. The zero-order valence-electron chi connectivity index (χ0n) is 29.3. The molecule has 0 atom stereocenters. The van der Waals surface area contributed by atoms with Gasteiger partial charge in [0.05, 0.1) is 11.3 Å². The monoisotopic (exact) mass is 868 g/mol. The average molecular weight is 869 g/mol. The number of fused-ring (bicyclic) bond motifs is 7. The second-order valence-electron chi connectivity index (χ2n) is 14.2. The van der Waals surface area contributed by atoms with Gasteiger partial charge in [-0.05, 0) is 64.9 Å². The number of benzene rings is 6. The number of rotatable bonds is 5. The molecule has 53 heavy (non-hydrogen) atoms. The van der Waals surface area contributed by atoms with Gasteiger partial charge in [-0.3, -0.25) is 0 Å². The SMILES string of the molecule is CC(C)(C)c1ccnc(-n2c3[c-]c(Oc4[c-]c(N5[CH-]N(c6ccccc6)c6ccccc65)cc5c4oc4ccccc45)ccc3c3ccccc32)c1.[Pt]. The quantitative estimate of drug-likeness (QED) is 0.161. The minimum atomic E-state index is -0.0291. The molecular formula is C46H33N4O2Pt-3. The Labute approximate surface area is 322 Å². The fourth-order valence-corrected chi connectivity index (χ4v) is 7.31. The molecule has 0 saturated heterocycles. The number of ether oxygens (including phenoxy) is 1. The van der Waals surface area contributed by atoms with E-state index in [1.165, 1.54) is 5.56 Å². The Hall–Kier alpha value is -5.84. The van der Waals surface area contributed by atoms with Crippen molar-refractivity contribution in [1.82, 2.24) is 9.55 Å². The number of hydrogen-bond donors (Lipinski definition) is 0. The fourth-order valence-electron chi connectivity index (χ4n) is 7.31. The first-order chi connectivity index (χ1) is 25.4. The summed E-state index contributed by atoms with van der Waals surface area (Å²) in [5.41, 5.74) is 8.57. The first kappa shape index (κ1) is 33.0. The van der Waals surface area contributed by atoms with E-state index in [0.717, 1.165) is 66.7 Å². The molecule has 1 aliphatic rings. The molecule has 0 saturated carbocycles. The third kappa shape index (κ3) is 5.48. The molecule has 0 amide bonds. The summed E-state index contributed by atoms with van der Waals surface area (Å²) in [4.78, 5) is 9.21. The topological polar surface area (TPSA) is 46.7 Å². The summed E-state index contributed by atoms with van der Waals surface area (Å²) in [5.74, 6) is 1.88. The predicted octanol–water partition coefficient (Wildman–Crippen LogP) is 12.2. The fraction of sp³-hybridized carbons (Fsp3) is 0.0870. The van der Waals surface area contributed by atoms with Crippen molar-refractivity contribution in [3.8, 4) is 17.3 Å². The van der Waals surface area contributed by atoms with Crippen LogP contribution >= 0.6 is 0 Å². The molecule has 0 aliphatic carbocycles. The minimum absolute atomic E-state index is 0. The molecule has 10 rings (SSSR count). The summed E-state index contributed by atoms with van der Waals surface area (Å²) >= 11 is 0. The maximum Gasteiger partial charge on any atom is 0.135 e. The zero-order valence-corrected chi connectivity index (χ0v) is 31.6. The number of furan rings is 1. The summed E-state index contributed by atoms with van der Waals surface area (Å²) in [5, 5.41) is 4.15. The smallest absolute Gasteiger partial charge is 0.135 e. The summed E-state index contributed by atoms with van der Waals surface area (Å²) in [7, 11) is 0. The Morgan fingerprint density at radius 1 is 0.679 bits per heavy atom. The number of anilines is 4. The Balaban J connectivity index is 0.00000372. The van der Waals surface area contributed by atoms with Crippen LogP contribution in [0.1, 0.15) is 26.3 Å². The molecule has 1 aliphatic heterocycles. The van der Waals surface area contributed by atoms with Crippen molar-refractivity contribution < 1.29 is 30.2 Å². The van der Waals surface area contributed by atoms with Crippen molar-refractivity contribution in [2.75, 3.05) is 9.80 Å². The van der Waals surface area contributed by atoms with E-state index in [4.69, 9.17) is 14.1 Å². The van der Waals surface area contributed by atoms with Crippen LogP contribution in [0.4, 0.5) is 22.7 Å². The van der Waals surface area contributed by atoms with Crippen LogP contribution in [-0.2, 0) is 26.5 Å². The molecule has 9 aromatic rings. The van der Waals surface area contributed by atoms with Crippen LogP contribution in [-0.4, -0.2) is 9.55 Å². The first-order valence-corrected chi connectivity index (χ1v) is 17.5. The van der Waals surface area contributed by atoms with Crippen molar-refractivity contribution in [3.63, 3.8) is 0 Å². The number of para-hydroxylation sites is 5. The van der Waals surface area contributed by atoms with Crippen LogP contribution < -0.4 is 14.5 Å². The normalized spacial score (nSPS) is 12.9. The van der Waals surface area contributed by atoms with Gasteiger partial charge in [-0.15, -0.1) is 36.3 Å². The second kappa shape index (κ2) is 12.7. The van der Waals surface area contributed by atoms with Crippen molar-refractivity contribution in [3.05, 3.63) is 164 Å². The average Bonchev–Trinajstić information content (AvgIpc) is 3.85. The number of hydrogen-bond acceptors (Lipinski definition) is 5. The molecule has 7 heteroatoms. The predicted molar refractivity (Wildman–Crippen MR) is 210 cm³/mol. The van der Waals surface area contributed by atoms with Crippen molar-refractivity contribution in [2.45, 2.75) is 26.2 Å². The standard InChI is InChI=1S/C46H33N4O2.Pt/c1-46(2,3)30-23-24-47-44(25-30)50-38-17-9-7-15-34(38)35-22-21-33(28-41(35)50)51-43-27-32(26-37-36-16-8-12-20-42(36)52-45(37)43)49-29-48(31-13-5-4-6-14-31)39-18-10-11-19-40(39)49;/h4-26,29H,1-3H3;/q-3;. The van der Waals surface area contributed by atoms with Crippen LogP contribution in [0.15, 0.2) is 144 Å². The summed E-state index contributed by atoms with van der Waals surface area (Å²) in [6.07, 6.45) is 1.89. The van der Waals surface area contributed by atoms with Gasteiger partial charge < -0.3 is 23.5 Å². The van der Waals surface area contributed by atoms with Crippen LogP contribution in [0, 0.1) is 18.8 Å². The largest absolute Gasteiger partial charge is 0.512 e. The Bertz CT molecular complexity index is 2820. The van der Waals surface area contributed by atoms with Gasteiger partial charge in [0.25, 0.3) is 0 Å². The summed E-state index contributed by atoms with van der Waals surface area (Å²) in [6.45, 7) is 8.77. The van der Waals surface area contributed by atoms with E-state index in [0.29, 0.717) is 17.1 Å². The van der Waals surface area contributed by atoms with Crippen LogP contribution in [0.25, 0.3) is 49.6 Å². The maximum atomic E-state index is 6.80. The van der Waals surface area contributed by atoms with E-state index in [9.17, 15) is 0 Å². The molecule has 0 fully saturated rings. The van der Waals surface area contributed by atoms with Gasteiger partial charge in [0.15, 0.2) is 0 Å². The van der Waals surface area contributed by atoms with Gasteiger partial charge in [-0.1, -0.05) is 104 Å². The first-order valence-electron chi connectivity index (χ1n) is 17.5. The molecular weight excluding hydrogens is 836 g/mol. The molecule has 0 radical (unpaired) electrons. The van der Waals surface area contributed by atoms with Gasteiger partial charge in [-0.25, -0.2) is 4.98 Å². The third-order valence-electron chi connectivity index (χ3n) is 9.90. The zero-order chi connectivity index (χ0) is 35.0. The van der Waals surface area contributed by atoms with Crippen molar-refractivity contribution in [2.24, 2.45) is 0 Å². The van der Waals surface area contributed by atoms with E-state index in [1.807, 2.05) is 36.5 Å². The van der Waals surface area contributed by atoms with Crippen LogP contribution in [0.2, 0.25) is 0 Å². The summed E-state index contributed by atoms with van der Waals surface area (Å²) < 4.78 is 15.5. The Morgan fingerprint density at radius 3 is 2.21 bits per heavy atom. The van der Waals surface area contributed by atoms with E-state index >= 15 is 0 Å². The van der Waals surface area contributed by atoms with Gasteiger partial charge in [0, 0.05) is 61.0 Å². The Morgan fingerprint density at radius 2 is 1.40 bits per heavy atom. The van der Waals surface area contributed by atoms with Gasteiger partial charge in [-0.2, -0.15) is 6.07 Å². The molecule has 6 aromatic carbocycles. The summed E-state index contributed by atoms with van der Waals surface area (Å²) in [6, 6.07) is 53.0. The van der Waals surface area contributed by atoms with Crippen molar-refractivity contribution >= 4 is 66.5 Å².